The Morgan fingerprint density at radius 3 is 2.53 bits per heavy atom. The number of carbonyl (C=O) groups is 1. The van der Waals surface area contributed by atoms with E-state index >= 15 is 0 Å². The first-order valence-corrected chi connectivity index (χ1v) is 8.71. The Morgan fingerprint density at radius 2 is 1.84 bits per heavy atom. The fourth-order valence-corrected chi connectivity index (χ4v) is 3.37. The van der Waals surface area contributed by atoms with Gasteiger partial charge in [0.25, 0.3) is 0 Å². The van der Waals surface area contributed by atoms with Crippen LogP contribution in [-0.4, -0.2) is 6.29 Å². The Kier molecular flexibility index (Phi) is 8.81. The number of unbranched alkanes of at least 4 members (excludes halogenated alkanes) is 4. The Labute approximate surface area is 122 Å². The lowest BCUT2D eigenvalue weighted by atomic mass is 9.89. The van der Waals surface area contributed by atoms with Crippen LogP contribution in [-0.2, 0) is 6.42 Å². The van der Waals surface area contributed by atoms with Crippen molar-refractivity contribution in [3.05, 3.63) is 21.9 Å². The van der Waals surface area contributed by atoms with E-state index in [1.807, 2.05) is 5.38 Å². The molecule has 0 aliphatic carbocycles. The van der Waals surface area contributed by atoms with Gasteiger partial charge in [0.15, 0.2) is 6.29 Å². The highest BCUT2D eigenvalue weighted by atomic mass is 32.1. The van der Waals surface area contributed by atoms with Gasteiger partial charge in [-0.2, -0.15) is 0 Å². The van der Waals surface area contributed by atoms with E-state index in [1.165, 1.54) is 56.9 Å². The van der Waals surface area contributed by atoms with Crippen molar-refractivity contribution in [1.29, 1.82) is 0 Å². The summed E-state index contributed by atoms with van der Waals surface area (Å²) in [6.45, 7) is 4.52. The van der Waals surface area contributed by atoms with Crippen molar-refractivity contribution in [1.82, 2.24) is 0 Å². The first kappa shape index (κ1) is 16.4. The quantitative estimate of drug-likeness (QED) is 0.365. The molecule has 0 radical (unpaired) electrons. The summed E-state index contributed by atoms with van der Waals surface area (Å²) in [5.41, 5.74) is 1.27. The van der Waals surface area contributed by atoms with Gasteiger partial charge < -0.3 is 0 Å². The van der Waals surface area contributed by atoms with E-state index in [9.17, 15) is 4.79 Å². The summed E-state index contributed by atoms with van der Waals surface area (Å²) in [6, 6.07) is 2.14. The molecule has 1 unspecified atom stereocenters. The highest BCUT2D eigenvalue weighted by Gasteiger charge is 2.12. The van der Waals surface area contributed by atoms with Crippen LogP contribution in [0.5, 0.6) is 0 Å². The maximum absolute atomic E-state index is 11.0. The van der Waals surface area contributed by atoms with Gasteiger partial charge in [-0.05, 0) is 29.3 Å². The highest BCUT2D eigenvalue weighted by Crippen LogP contribution is 2.25. The molecule has 1 atom stereocenters. The third-order valence-electron chi connectivity index (χ3n) is 3.83. The molecule has 1 aromatic rings. The van der Waals surface area contributed by atoms with Gasteiger partial charge in [0.05, 0.1) is 4.88 Å². The smallest absolute Gasteiger partial charge is 0.160 e. The minimum atomic E-state index is 0.769. The fourth-order valence-electron chi connectivity index (χ4n) is 2.63. The number of carbonyl (C=O) groups excluding carboxylic acids is 1. The number of hydrogen-bond acceptors (Lipinski definition) is 2. The van der Waals surface area contributed by atoms with Crippen LogP contribution >= 0.6 is 11.3 Å². The van der Waals surface area contributed by atoms with Gasteiger partial charge in [0.2, 0.25) is 0 Å². The van der Waals surface area contributed by atoms with Crippen molar-refractivity contribution in [3.8, 4) is 0 Å². The largest absolute Gasteiger partial charge is 0.297 e. The normalized spacial score (nSPS) is 12.5. The molecule has 0 N–H and O–H groups in total. The third-order valence-corrected chi connectivity index (χ3v) is 4.71. The van der Waals surface area contributed by atoms with Crippen molar-refractivity contribution in [2.45, 2.75) is 71.6 Å². The molecule has 1 aromatic heterocycles. The van der Waals surface area contributed by atoms with Crippen LogP contribution in [0.3, 0.4) is 0 Å². The molecule has 0 bridgehead atoms. The molecule has 0 amide bonds. The van der Waals surface area contributed by atoms with Gasteiger partial charge in [0, 0.05) is 0 Å². The molecule has 19 heavy (non-hydrogen) atoms. The third kappa shape index (κ3) is 6.38. The second-order valence-corrected chi connectivity index (χ2v) is 6.44. The van der Waals surface area contributed by atoms with E-state index in [0.29, 0.717) is 0 Å². The molecule has 0 saturated carbocycles. The van der Waals surface area contributed by atoms with Crippen LogP contribution in [0.2, 0.25) is 0 Å². The topological polar surface area (TPSA) is 17.1 Å². The Morgan fingerprint density at radius 1 is 1.11 bits per heavy atom. The van der Waals surface area contributed by atoms with Crippen molar-refractivity contribution in [2.24, 2.45) is 5.92 Å². The molecule has 0 spiro atoms. The minimum Gasteiger partial charge on any atom is -0.297 e. The van der Waals surface area contributed by atoms with E-state index in [2.05, 4.69) is 19.9 Å². The number of hydrogen-bond donors (Lipinski definition) is 0. The van der Waals surface area contributed by atoms with Crippen molar-refractivity contribution in [3.63, 3.8) is 0 Å². The predicted molar refractivity (Wildman–Crippen MR) is 85.2 cm³/mol. The van der Waals surface area contributed by atoms with Crippen LogP contribution < -0.4 is 0 Å². The van der Waals surface area contributed by atoms with Crippen molar-refractivity contribution < 1.29 is 4.79 Å². The molecule has 0 aliphatic rings. The maximum Gasteiger partial charge on any atom is 0.160 e. The molecular formula is C17H28OS. The summed E-state index contributed by atoms with van der Waals surface area (Å²) in [5.74, 6) is 0.769. The van der Waals surface area contributed by atoms with E-state index in [-0.39, 0.29) is 0 Å². The van der Waals surface area contributed by atoms with Crippen LogP contribution in [0.4, 0.5) is 0 Å². The first-order valence-electron chi connectivity index (χ1n) is 7.83. The second-order valence-electron chi connectivity index (χ2n) is 5.49. The summed E-state index contributed by atoms with van der Waals surface area (Å²) in [6.07, 6.45) is 12.7. The van der Waals surface area contributed by atoms with Crippen LogP contribution in [0.15, 0.2) is 11.4 Å². The van der Waals surface area contributed by atoms with Crippen LogP contribution in [0.1, 0.15) is 80.4 Å². The standard InChI is InChI=1S/C17H28OS/c1-3-5-7-8-10-15(9-6-4-2)13-16-11-12-19-17(16)14-18/h11-12,14-15H,3-10,13H2,1-2H3. The van der Waals surface area contributed by atoms with E-state index in [0.717, 1.165) is 23.5 Å². The van der Waals surface area contributed by atoms with Gasteiger partial charge in [-0.1, -0.05) is 65.2 Å². The number of rotatable bonds is 11. The SMILES string of the molecule is CCCCCCC(CCCC)Cc1ccsc1C=O. The van der Waals surface area contributed by atoms with Gasteiger partial charge in [-0.3, -0.25) is 4.79 Å². The monoisotopic (exact) mass is 280 g/mol. The van der Waals surface area contributed by atoms with E-state index in [4.69, 9.17) is 0 Å². The molecule has 1 rings (SSSR count). The lowest BCUT2D eigenvalue weighted by molar-refractivity contribution is 0.112. The molecule has 108 valence electrons. The average molecular weight is 280 g/mol. The zero-order valence-corrected chi connectivity index (χ0v) is 13.3. The molecular weight excluding hydrogens is 252 g/mol. The highest BCUT2D eigenvalue weighted by molar-refractivity contribution is 7.11. The number of aldehydes is 1. The number of thiophene rings is 1. The minimum absolute atomic E-state index is 0.769. The van der Waals surface area contributed by atoms with Gasteiger partial charge in [0.1, 0.15) is 0 Å². The second kappa shape index (κ2) is 10.2. The fraction of sp³-hybridized carbons (Fsp3) is 0.706. The van der Waals surface area contributed by atoms with Crippen molar-refractivity contribution in [2.75, 3.05) is 0 Å². The van der Waals surface area contributed by atoms with Crippen LogP contribution in [0, 0.1) is 5.92 Å². The van der Waals surface area contributed by atoms with Gasteiger partial charge in [-0.25, -0.2) is 0 Å². The molecule has 0 saturated heterocycles. The van der Waals surface area contributed by atoms with E-state index < -0.39 is 0 Å². The molecule has 1 heterocycles. The molecule has 1 nitrogen and oxygen atoms in total. The zero-order chi connectivity index (χ0) is 13.9. The van der Waals surface area contributed by atoms with Gasteiger partial charge in [-0.15, -0.1) is 11.3 Å². The summed E-state index contributed by atoms with van der Waals surface area (Å²) in [7, 11) is 0. The molecule has 2 heteroatoms. The Balaban J connectivity index is 2.46. The Bertz CT molecular complexity index is 343. The van der Waals surface area contributed by atoms with E-state index in [1.54, 1.807) is 11.3 Å². The molecule has 0 aliphatic heterocycles. The zero-order valence-electron chi connectivity index (χ0n) is 12.5. The summed E-state index contributed by atoms with van der Waals surface area (Å²) in [5, 5.41) is 2.05. The lowest BCUT2D eigenvalue weighted by Crippen LogP contribution is -2.06. The average Bonchev–Trinajstić information content (AvgIpc) is 2.87. The summed E-state index contributed by atoms with van der Waals surface area (Å²) in [4.78, 5) is 11.9. The van der Waals surface area contributed by atoms with Crippen molar-refractivity contribution >= 4 is 17.6 Å². The van der Waals surface area contributed by atoms with Crippen LogP contribution in [0.25, 0.3) is 0 Å². The lowest BCUT2D eigenvalue weighted by Gasteiger charge is -2.16. The molecule has 0 fully saturated rings. The summed E-state index contributed by atoms with van der Waals surface area (Å²) >= 11 is 1.58. The summed E-state index contributed by atoms with van der Waals surface area (Å²) < 4.78 is 0. The molecule has 0 aromatic carbocycles. The Hall–Kier alpha value is -0.630. The predicted octanol–water partition coefficient (Wildman–Crippen LogP) is 5.88. The maximum atomic E-state index is 11.0. The first-order chi connectivity index (χ1) is 9.31. The van der Waals surface area contributed by atoms with Gasteiger partial charge >= 0.3 is 0 Å².